The molecule has 0 fully saturated rings. The van der Waals surface area contributed by atoms with E-state index in [-0.39, 0.29) is 6.04 Å². The number of thiophene rings is 1. The van der Waals surface area contributed by atoms with Gasteiger partial charge in [0.05, 0.1) is 0 Å². The summed E-state index contributed by atoms with van der Waals surface area (Å²) >= 11 is 5.95. The van der Waals surface area contributed by atoms with Gasteiger partial charge in [0, 0.05) is 16.5 Å². The van der Waals surface area contributed by atoms with E-state index in [4.69, 9.17) is 5.73 Å². The lowest BCUT2D eigenvalue weighted by atomic mass is 10.1. The van der Waals surface area contributed by atoms with E-state index in [0.29, 0.717) is 5.75 Å². The van der Waals surface area contributed by atoms with Gasteiger partial charge in [-0.1, -0.05) is 18.2 Å². The van der Waals surface area contributed by atoms with Crippen LogP contribution >= 0.6 is 24.0 Å². The van der Waals surface area contributed by atoms with E-state index >= 15 is 0 Å². The van der Waals surface area contributed by atoms with Crippen molar-refractivity contribution < 1.29 is 0 Å². The summed E-state index contributed by atoms with van der Waals surface area (Å²) in [5.74, 6) is 0.695. The number of fused-ring (bicyclic) bond motifs is 1. The molecule has 0 amide bonds. The van der Waals surface area contributed by atoms with Crippen molar-refractivity contribution >= 4 is 34.1 Å². The van der Waals surface area contributed by atoms with Crippen LogP contribution in [0.3, 0.4) is 0 Å². The number of rotatable bonds is 2. The van der Waals surface area contributed by atoms with Crippen molar-refractivity contribution in [3.63, 3.8) is 0 Å². The molecule has 1 unspecified atom stereocenters. The van der Waals surface area contributed by atoms with E-state index in [1.807, 2.05) is 6.07 Å². The maximum absolute atomic E-state index is 5.94. The Morgan fingerprint density at radius 2 is 2.15 bits per heavy atom. The Hall–Kier alpha value is -0.510. The summed E-state index contributed by atoms with van der Waals surface area (Å²) in [6.07, 6.45) is 0. The second kappa shape index (κ2) is 3.70. The van der Waals surface area contributed by atoms with Crippen LogP contribution in [0.4, 0.5) is 0 Å². The van der Waals surface area contributed by atoms with Gasteiger partial charge in [0.2, 0.25) is 0 Å². The van der Waals surface area contributed by atoms with Gasteiger partial charge in [0.15, 0.2) is 0 Å². The molecule has 1 heterocycles. The quantitative estimate of drug-likeness (QED) is 0.731. The fourth-order valence-corrected chi connectivity index (χ4v) is 2.61. The first-order chi connectivity index (χ1) is 6.33. The summed E-state index contributed by atoms with van der Waals surface area (Å²) in [7, 11) is 0. The summed E-state index contributed by atoms with van der Waals surface area (Å²) in [6.45, 7) is 0. The van der Waals surface area contributed by atoms with Crippen molar-refractivity contribution in [1.82, 2.24) is 0 Å². The molecule has 2 rings (SSSR count). The van der Waals surface area contributed by atoms with Crippen molar-refractivity contribution in [2.75, 3.05) is 5.75 Å². The highest BCUT2D eigenvalue weighted by Crippen LogP contribution is 2.29. The third kappa shape index (κ3) is 1.59. The van der Waals surface area contributed by atoms with Crippen LogP contribution in [0, 0.1) is 0 Å². The van der Waals surface area contributed by atoms with E-state index in [1.54, 1.807) is 11.3 Å². The number of benzene rings is 1. The molecule has 0 aliphatic rings. The van der Waals surface area contributed by atoms with Crippen molar-refractivity contribution in [3.8, 4) is 0 Å². The smallest absolute Gasteiger partial charge is 0.0398 e. The van der Waals surface area contributed by atoms with E-state index < -0.39 is 0 Å². The predicted molar refractivity (Wildman–Crippen MR) is 62.6 cm³/mol. The Morgan fingerprint density at radius 1 is 1.38 bits per heavy atom. The molecule has 0 radical (unpaired) electrons. The zero-order valence-electron chi connectivity index (χ0n) is 7.10. The standard InChI is InChI=1S/C10H11NS2/c11-9(5-12)8-6-13-10-4-2-1-3-7(8)10/h1-4,6,9,12H,5,11H2. The molecule has 1 atom stereocenters. The number of hydrogen-bond donors (Lipinski definition) is 2. The molecule has 13 heavy (non-hydrogen) atoms. The summed E-state index contributed by atoms with van der Waals surface area (Å²) in [6, 6.07) is 8.39. The van der Waals surface area contributed by atoms with Gasteiger partial charge in [-0.25, -0.2) is 0 Å². The number of hydrogen-bond acceptors (Lipinski definition) is 3. The Morgan fingerprint density at radius 3 is 2.92 bits per heavy atom. The highest BCUT2D eigenvalue weighted by Gasteiger charge is 2.09. The summed E-state index contributed by atoms with van der Waals surface area (Å²) in [5, 5.41) is 3.40. The molecule has 0 spiro atoms. The monoisotopic (exact) mass is 209 g/mol. The van der Waals surface area contributed by atoms with Gasteiger partial charge >= 0.3 is 0 Å². The van der Waals surface area contributed by atoms with E-state index in [0.717, 1.165) is 0 Å². The fourth-order valence-electron chi connectivity index (χ4n) is 1.38. The van der Waals surface area contributed by atoms with Crippen molar-refractivity contribution in [1.29, 1.82) is 0 Å². The second-order valence-corrected chi connectivity index (χ2v) is 4.25. The predicted octanol–water partition coefficient (Wildman–Crippen LogP) is 2.83. The zero-order chi connectivity index (χ0) is 9.26. The molecule has 0 bridgehead atoms. The van der Waals surface area contributed by atoms with Crippen molar-refractivity contribution in [2.45, 2.75) is 6.04 Å². The topological polar surface area (TPSA) is 26.0 Å². The minimum Gasteiger partial charge on any atom is -0.323 e. The molecule has 0 aliphatic carbocycles. The maximum Gasteiger partial charge on any atom is 0.0398 e. The Labute approximate surface area is 87.0 Å². The molecule has 68 valence electrons. The number of nitrogens with two attached hydrogens (primary N) is 1. The average molecular weight is 209 g/mol. The Kier molecular flexibility index (Phi) is 2.58. The second-order valence-electron chi connectivity index (χ2n) is 2.98. The molecule has 0 saturated carbocycles. The lowest BCUT2D eigenvalue weighted by molar-refractivity contribution is 0.847. The summed E-state index contributed by atoms with van der Waals surface area (Å²) < 4.78 is 1.30. The van der Waals surface area contributed by atoms with E-state index in [1.165, 1.54) is 15.6 Å². The largest absolute Gasteiger partial charge is 0.323 e. The van der Waals surface area contributed by atoms with Crippen LogP contribution in [-0.4, -0.2) is 5.75 Å². The molecule has 0 saturated heterocycles. The molecule has 2 N–H and O–H groups in total. The van der Waals surface area contributed by atoms with Crippen LogP contribution in [0.2, 0.25) is 0 Å². The number of thiol groups is 1. The normalized spacial score (nSPS) is 13.4. The molecule has 2 aromatic rings. The third-order valence-electron chi connectivity index (χ3n) is 2.11. The van der Waals surface area contributed by atoms with E-state index in [9.17, 15) is 0 Å². The maximum atomic E-state index is 5.94. The van der Waals surface area contributed by atoms with Gasteiger partial charge in [0.1, 0.15) is 0 Å². The van der Waals surface area contributed by atoms with Crippen LogP contribution in [-0.2, 0) is 0 Å². The van der Waals surface area contributed by atoms with Crippen LogP contribution in [0.1, 0.15) is 11.6 Å². The third-order valence-corrected chi connectivity index (χ3v) is 3.48. The van der Waals surface area contributed by atoms with Crippen LogP contribution in [0.25, 0.3) is 10.1 Å². The Bertz CT molecular complexity index is 408. The molecule has 1 nitrogen and oxygen atoms in total. The highest BCUT2D eigenvalue weighted by molar-refractivity contribution is 7.80. The Balaban J connectivity index is 2.57. The van der Waals surface area contributed by atoms with E-state index in [2.05, 4.69) is 36.2 Å². The molecular weight excluding hydrogens is 198 g/mol. The van der Waals surface area contributed by atoms with Crippen LogP contribution in [0.5, 0.6) is 0 Å². The molecular formula is C10H11NS2. The average Bonchev–Trinajstić information content (AvgIpc) is 2.60. The van der Waals surface area contributed by atoms with Gasteiger partial charge in [-0.3, -0.25) is 0 Å². The lowest BCUT2D eigenvalue weighted by Crippen LogP contribution is -2.10. The van der Waals surface area contributed by atoms with Crippen LogP contribution in [0.15, 0.2) is 29.6 Å². The van der Waals surface area contributed by atoms with Gasteiger partial charge < -0.3 is 5.73 Å². The first-order valence-corrected chi connectivity index (χ1v) is 5.66. The SMILES string of the molecule is NC(CS)c1csc2ccccc12. The van der Waals surface area contributed by atoms with Crippen LogP contribution < -0.4 is 5.73 Å². The minimum absolute atomic E-state index is 0.0551. The summed E-state index contributed by atoms with van der Waals surface area (Å²) in [4.78, 5) is 0. The fraction of sp³-hybridized carbons (Fsp3) is 0.200. The molecule has 1 aromatic carbocycles. The first kappa shape index (κ1) is 9.06. The van der Waals surface area contributed by atoms with Crippen molar-refractivity contribution in [3.05, 3.63) is 35.2 Å². The molecule has 3 heteroatoms. The van der Waals surface area contributed by atoms with Gasteiger partial charge in [-0.15, -0.1) is 11.3 Å². The molecule has 1 aromatic heterocycles. The van der Waals surface area contributed by atoms with Gasteiger partial charge in [-0.05, 0) is 22.4 Å². The first-order valence-electron chi connectivity index (χ1n) is 4.15. The summed E-state index contributed by atoms with van der Waals surface area (Å²) in [5.41, 5.74) is 7.15. The minimum atomic E-state index is 0.0551. The van der Waals surface area contributed by atoms with Gasteiger partial charge in [0.25, 0.3) is 0 Å². The zero-order valence-corrected chi connectivity index (χ0v) is 8.81. The van der Waals surface area contributed by atoms with Gasteiger partial charge in [-0.2, -0.15) is 12.6 Å². The van der Waals surface area contributed by atoms with Crippen molar-refractivity contribution in [2.24, 2.45) is 5.73 Å². The highest BCUT2D eigenvalue weighted by atomic mass is 32.1. The molecule has 0 aliphatic heterocycles. The lowest BCUT2D eigenvalue weighted by Gasteiger charge is -2.05.